The summed E-state index contributed by atoms with van der Waals surface area (Å²) in [5.74, 6) is -0.593. The van der Waals surface area contributed by atoms with Gasteiger partial charge in [-0.3, -0.25) is 4.79 Å². The zero-order valence-electron chi connectivity index (χ0n) is 15.5. The van der Waals surface area contributed by atoms with E-state index in [0.717, 1.165) is 17.5 Å². The van der Waals surface area contributed by atoms with E-state index in [1.165, 1.54) is 0 Å². The van der Waals surface area contributed by atoms with E-state index < -0.39 is 5.97 Å². The van der Waals surface area contributed by atoms with Gasteiger partial charge in [-0.2, -0.15) is 0 Å². The molecule has 0 bridgehead atoms. The summed E-state index contributed by atoms with van der Waals surface area (Å²) < 4.78 is 5.32. The molecule has 28 heavy (non-hydrogen) atoms. The zero-order valence-corrected chi connectivity index (χ0v) is 15.5. The fourth-order valence-electron chi connectivity index (χ4n) is 3.82. The minimum Gasteiger partial charge on any atom is -0.478 e. The van der Waals surface area contributed by atoms with Crippen LogP contribution in [0.5, 0.6) is 0 Å². The maximum absolute atomic E-state index is 13.2. The highest BCUT2D eigenvalue weighted by Crippen LogP contribution is 2.33. The first-order valence-corrected chi connectivity index (χ1v) is 9.19. The number of hydrogen-bond acceptors (Lipinski definition) is 4. The highest BCUT2D eigenvalue weighted by Gasteiger charge is 2.33. The van der Waals surface area contributed by atoms with E-state index in [2.05, 4.69) is 5.16 Å². The summed E-state index contributed by atoms with van der Waals surface area (Å²) in [4.78, 5) is 26.5. The van der Waals surface area contributed by atoms with Gasteiger partial charge in [0, 0.05) is 24.6 Å². The van der Waals surface area contributed by atoms with Gasteiger partial charge in [-0.05, 0) is 25.0 Å². The molecular weight excluding hydrogens is 356 g/mol. The molecule has 2 aromatic carbocycles. The molecule has 6 heteroatoms. The molecule has 4 rings (SSSR count). The monoisotopic (exact) mass is 376 g/mol. The largest absolute Gasteiger partial charge is 0.478 e. The van der Waals surface area contributed by atoms with Crippen LogP contribution in [0, 0.1) is 6.92 Å². The number of carbonyl (C=O) groups excluding carboxylic acids is 1. The number of aromatic carboxylic acids is 1. The third-order valence-corrected chi connectivity index (χ3v) is 5.23. The molecular formula is C22H20N2O4. The number of benzene rings is 2. The Hall–Kier alpha value is -3.41. The van der Waals surface area contributed by atoms with Crippen molar-refractivity contribution in [2.75, 3.05) is 13.1 Å². The molecule has 0 radical (unpaired) electrons. The van der Waals surface area contributed by atoms with E-state index in [-0.39, 0.29) is 11.8 Å². The first kappa shape index (κ1) is 18.0. The standard InChI is InChI=1S/C22H20N2O4/c1-14-19(20(23-28-14)15-7-3-2-4-8-15)21(25)24-12-11-16(13-24)17-9-5-6-10-18(17)22(26)27/h2-10,16H,11-13H2,1H3,(H,26,27). The molecule has 0 saturated carbocycles. The lowest BCUT2D eigenvalue weighted by molar-refractivity contribution is 0.0695. The van der Waals surface area contributed by atoms with Crippen LogP contribution in [0.4, 0.5) is 0 Å². The van der Waals surface area contributed by atoms with Crippen LogP contribution in [0.3, 0.4) is 0 Å². The number of carboxylic acids is 1. The molecule has 0 aliphatic carbocycles. The van der Waals surface area contributed by atoms with Crippen LogP contribution < -0.4 is 0 Å². The number of amides is 1. The van der Waals surface area contributed by atoms with E-state index in [1.54, 1.807) is 24.0 Å². The Morgan fingerprint density at radius 2 is 1.82 bits per heavy atom. The molecule has 1 unspecified atom stereocenters. The molecule has 1 atom stereocenters. The van der Waals surface area contributed by atoms with Crippen LogP contribution in [-0.4, -0.2) is 40.1 Å². The topological polar surface area (TPSA) is 83.6 Å². The number of hydrogen-bond donors (Lipinski definition) is 1. The Kier molecular flexibility index (Phi) is 4.69. The van der Waals surface area contributed by atoms with Gasteiger partial charge < -0.3 is 14.5 Å². The summed E-state index contributed by atoms with van der Waals surface area (Å²) in [6, 6.07) is 16.5. The Bertz CT molecular complexity index is 1030. The van der Waals surface area contributed by atoms with Crippen LogP contribution in [0.1, 0.15) is 44.4 Å². The van der Waals surface area contributed by atoms with E-state index in [9.17, 15) is 14.7 Å². The number of carboxylic acid groups (broad SMARTS) is 1. The van der Waals surface area contributed by atoms with Crippen molar-refractivity contribution in [3.05, 3.63) is 77.0 Å². The molecule has 1 fully saturated rings. The molecule has 142 valence electrons. The number of likely N-dealkylation sites (tertiary alicyclic amines) is 1. The molecule has 1 aliphatic heterocycles. The van der Waals surface area contributed by atoms with Gasteiger partial charge in [-0.15, -0.1) is 0 Å². The van der Waals surface area contributed by atoms with Gasteiger partial charge in [0.05, 0.1) is 5.56 Å². The lowest BCUT2D eigenvalue weighted by Crippen LogP contribution is -2.29. The molecule has 1 aromatic heterocycles. The van der Waals surface area contributed by atoms with Gasteiger partial charge in [0.2, 0.25) is 0 Å². The Balaban J connectivity index is 1.60. The predicted molar refractivity (Wildman–Crippen MR) is 103 cm³/mol. The van der Waals surface area contributed by atoms with Gasteiger partial charge in [0.15, 0.2) is 0 Å². The quantitative estimate of drug-likeness (QED) is 0.745. The van der Waals surface area contributed by atoms with Gasteiger partial charge in [0.25, 0.3) is 5.91 Å². The normalized spacial score (nSPS) is 16.3. The maximum atomic E-state index is 13.2. The minimum atomic E-state index is -0.943. The number of aryl methyl sites for hydroxylation is 1. The van der Waals surface area contributed by atoms with Crippen LogP contribution in [0.15, 0.2) is 59.1 Å². The summed E-state index contributed by atoms with van der Waals surface area (Å²) in [7, 11) is 0. The highest BCUT2D eigenvalue weighted by atomic mass is 16.5. The van der Waals surface area contributed by atoms with Crippen LogP contribution in [0.25, 0.3) is 11.3 Å². The molecule has 1 amide bonds. The van der Waals surface area contributed by atoms with Crippen molar-refractivity contribution in [3.63, 3.8) is 0 Å². The van der Waals surface area contributed by atoms with Crippen molar-refractivity contribution in [1.82, 2.24) is 10.1 Å². The molecule has 1 saturated heterocycles. The molecule has 1 aliphatic rings. The maximum Gasteiger partial charge on any atom is 0.335 e. The van der Waals surface area contributed by atoms with Crippen LogP contribution >= 0.6 is 0 Å². The van der Waals surface area contributed by atoms with Gasteiger partial charge >= 0.3 is 5.97 Å². The van der Waals surface area contributed by atoms with E-state index in [1.807, 2.05) is 42.5 Å². The summed E-state index contributed by atoms with van der Waals surface area (Å²) in [6.45, 7) is 2.78. The average molecular weight is 376 g/mol. The molecule has 1 N–H and O–H groups in total. The van der Waals surface area contributed by atoms with Crippen LogP contribution in [-0.2, 0) is 0 Å². The summed E-state index contributed by atoms with van der Waals surface area (Å²) >= 11 is 0. The minimum absolute atomic E-state index is 0.00316. The van der Waals surface area contributed by atoms with Gasteiger partial charge in [-0.25, -0.2) is 4.79 Å². The van der Waals surface area contributed by atoms with E-state index in [0.29, 0.717) is 35.7 Å². The number of nitrogens with zero attached hydrogens (tertiary/aromatic N) is 2. The third kappa shape index (κ3) is 3.17. The van der Waals surface area contributed by atoms with E-state index in [4.69, 9.17) is 4.52 Å². The number of carbonyl (C=O) groups is 2. The molecule has 3 aromatic rings. The van der Waals surface area contributed by atoms with Gasteiger partial charge in [-0.1, -0.05) is 53.7 Å². The van der Waals surface area contributed by atoms with Crippen molar-refractivity contribution < 1.29 is 19.2 Å². The van der Waals surface area contributed by atoms with Gasteiger partial charge in [0.1, 0.15) is 17.0 Å². The number of rotatable bonds is 4. The highest BCUT2D eigenvalue weighted by molar-refractivity contribution is 6.01. The molecule has 0 spiro atoms. The Labute approximate surface area is 162 Å². The second kappa shape index (κ2) is 7.31. The fraction of sp³-hybridized carbons (Fsp3) is 0.227. The number of aromatic nitrogens is 1. The third-order valence-electron chi connectivity index (χ3n) is 5.23. The first-order valence-electron chi connectivity index (χ1n) is 9.19. The van der Waals surface area contributed by atoms with E-state index >= 15 is 0 Å². The van der Waals surface area contributed by atoms with Crippen molar-refractivity contribution >= 4 is 11.9 Å². The second-order valence-corrected chi connectivity index (χ2v) is 6.96. The van der Waals surface area contributed by atoms with Crippen molar-refractivity contribution in [2.45, 2.75) is 19.3 Å². The zero-order chi connectivity index (χ0) is 19.7. The first-order chi connectivity index (χ1) is 13.6. The van der Waals surface area contributed by atoms with Crippen LogP contribution in [0.2, 0.25) is 0 Å². The molecule has 6 nitrogen and oxygen atoms in total. The van der Waals surface area contributed by atoms with Crippen molar-refractivity contribution in [1.29, 1.82) is 0 Å². The summed E-state index contributed by atoms with van der Waals surface area (Å²) in [6.07, 6.45) is 0.723. The summed E-state index contributed by atoms with van der Waals surface area (Å²) in [5.41, 5.74) is 2.91. The SMILES string of the molecule is Cc1onc(-c2ccccc2)c1C(=O)N1CCC(c2ccccc2C(=O)O)C1. The second-order valence-electron chi connectivity index (χ2n) is 6.96. The fourth-order valence-corrected chi connectivity index (χ4v) is 3.82. The summed E-state index contributed by atoms with van der Waals surface area (Å²) in [5, 5.41) is 13.5. The average Bonchev–Trinajstić information content (AvgIpc) is 3.35. The molecule has 2 heterocycles. The van der Waals surface area contributed by atoms with Crippen molar-refractivity contribution in [3.8, 4) is 11.3 Å². The predicted octanol–water partition coefficient (Wildman–Crippen LogP) is 3.98. The lowest BCUT2D eigenvalue weighted by Gasteiger charge is -2.17. The Morgan fingerprint density at radius 3 is 2.57 bits per heavy atom. The van der Waals surface area contributed by atoms with Crippen molar-refractivity contribution in [2.24, 2.45) is 0 Å². The Morgan fingerprint density at radius 1 is 1.11 bits per heavy atom. The smallest absolute Gasteiger partial charge is 0.335 e. The lowest BCUT2D eigenvalue weighted by atomic mass is 9.93.